The van der Waals surface area contributed by atoms with E-state index in [1.807, 2.05) is 36.4 Å². The van der Waals surface area contributed by atoms with Crippen LogP contribution in [0.4, 0.5) is 5.13 Å². The molecule has 7 heteroatoms. The Bertz CT molecular complexity index is 1160. The van der Waals surface area contributed by atoms with Gasteiger partial charge < -0.3 is 0 Å². The normalized spacial score (nSPS) is 13.9. The quantitative estimate of drug-likeness (QED) is 0.521. The highest BCUT2D eigenvalue weighted by molar-refractivity contribution is 7.22. The largest absolute Gasteiger partial charge is 0.299 e. The number of hydrogen-bond donors (Lipinski definition) is 1. The Morgan fingerprint density at radius 1 is 1.21 bits per heavy atom. The van der Waals surface area contributed by atoms with E-state index in [1.165, 1.54) is 29.7 Å². The Labute approximate surface area is 172 Å². The summed E-state index contributed by atoms with van der Waals surface area (Å²) in [5.41, 5.74) is 3.49. The van der Waals surface area contributed by atoms with Crippen molar-refractivity contribution in [1.82, 2.24) is 19.7 Å². The second kappa shape index (κ2) is 7.42. The van der Waals surface area contributed by atoms with Crippen LogP contribution < -0.4 is 5.32 Å². The number of amides is 1. The Kier molecular flexibility index (Phi) is 4.61. The predicted molar refractivity (Wildman–Crippen MR) is 116 cm³/mol. The SMILES string of the molecule is CN(Cc1ccc2nc(NC(=O)c3ccnn3-c3ccccc3)sc2c1)C1CC1. The van der Waals surface area contributed by atoms with Crippen LogP contribution in [0.3, 0.4) is 0 Å². The molecule has 6 nitrogen and oxygen atoms in total. The highest BCUT2D eigenvalue weighted by Gasteiger charge is 2.26. The Morgan fingerprint density at radius 3 is 2.83 bits per heavy atom. The van der Waals surface area contributed by atoms with Gasteiger partial charge in [0.05, 0.1) is 22.1 Å². The van der Waals surface area contributed by atoms with E-state index in [0.29, 0.717) is 10.8 Å². The molecular formula is C22H21N5OS. The van der Waals surface area contributed by atoms with E-state index in [9.17, 15) is 4.79 Å². The molecule has 29 heavy (non-hydrogen) atoms. The highest BCUT2D eigenvalue weighted by atomic mass is 32.1. The first-order valence-electron chi connectivity index (χ1n) is 9.68. The minimum Gasteiger partial charge on any atom is -0.299 e. The predicted octanol–water partition coefficient (Wildman–Crippen LogP) is 4.33. The second-order valence-electron chi connectivity index (χ2n) is 7.39. The maximum atomic E-state index is 12.8. The number of carbonyl (C=O) groups is 1. The summed E-state index contributed by atoms with van der Waals surface area (Å²) in [5, 5.41) is 7.81. The molecule has 2 heterocycles. The lowest BCUT2D eigenvalue weighted by Crippen LogP contribution is -2.19. The van der Waals surface area contributed by atoms with Crippen molar-refractivity contribution in [3.05, 3.63) is 72.1 Å². The van der Waals surface area contributed by atoms with Gasteiger partial charge in [0.15, 0.2) is 5.13 Å². The van der Waals surface area contributed by atoms with E-state index in [1.54, 1.807) is 16.9 Å². The lowest BCUT2D eigenvalue weighted by Gasteiger charge is -2.15. The highest BCUT2D eigenvalue weighted by Crippen LogP contribution is 2.30. The minimum atomic E-state index is -0.223. The zero-order chi connectivity index (χ0) is 19.8. The van der Waals surface area contributed by atoms with Crippen LogP contribution in [0.1, 0.15) is 28.9 Å². The van der Waals surface area contributed by atoms with E-state index in [4.69, 9.17) is 0 Å². The first-order chi connectivity index (χ1) is 14.2. The molecular weight excluding hydrogens is 382 g/mol. The zero-order valence-corrected chi connectivity index (χ0v) is 16.9. The van der Waals surface area contributed by atoms with Crippen LogP contribution in [0.2, 0.25) is 0 Å². The molecule has 2 aromatic carbocycles. The lowest BCUT2D eigenvalue weighted by molar-refractivity contribution is 0.101. The molecule has 1 aliphatic rings. The Balaban J connectivity index is 1.35. The average Bonchev–Trinajstić information content (AvgIpc) is 3.33. The molecule has 0 aliphatic heterocycles. The molecule has 0 bridgehead atoms. The van der Waals surface area contributed by atoms with Crippen molar-refractivity contribution in [1.29, 1.82) is 0 Å². The van der Waals surface area contributed by atoms with Gasteiger partial charge in [0.2, 0.25) is 0 Å². The van der Waals surface area contributed by atoms with Gasteiger partial charge in [-0.2, -0.15) is 5.10 Å². The fourth-order valence-electron chi connectivity index (χ4n) is 3.46. The fourth-order valence-corrected chi connectivity index (χ4v) is 4.39. The number of fused-ring (bicyclic) bond motifs is 1. The van der Waals surface area contributed by atoms with E-state index >= 15 is 0 Å². The summed E-state index contributed by atoms with van der Waals surface area (Å²) in [6, 6.07) is 18.4. The third kappa shape index (κ3) is 3.79. The molecule has 1 amide bonds. The summed E-state index contributed by atoms with van der Waals surface area (Å²) in [6.45, 7) is 0.941. The number of nitrogens with zero attached hydrogens (tertiary/aromatic N) is 4. The van der Waals surface area contributed by atoms with E-state index in [-0.39, 0.29) is 5.91 Å². The summed E-state index contributed by atoms with van der Waals surface area (Å²) < 4.78 is 2.72. The Morgan fingerprint density at radius 2 is 2.03 bits per heavy atom. The summed E-state index contributed by atoms with van der Waals surface area (Å²) in [4.78, 5) is 19.8. The van der Waals surface area contributed by atoms with Crippen LogP contribution >= 0.6 is 11.3 Å². The molecule has 4 aromatic rings. The molecule has 1 N–H and O–H groups in total. The first kappa shape index (κ1) is 18.0. The number of aromatic nitrogens is 3. The molecule has 1 aliphatic carbocycles. The number of para-hydroxylation sites is 1. The summed E-state index contributed by atoms with van der Waals surface area (Å²) in [7, 11) is 2.18. The minimum absolute atomic E-state index is 0.223. The zero-order valence-electron chi connectivity index (χ0n) is 16.1. The van der Waals surface area contributed by atoms with E-state index in [2.05, 4.69) is 39.5 Å². The van der Waals surface area contributed by atoms with E-state index in [0.717, 1.165) is 28.5 Å². The third-order valence-corrected chi connectivity index (χ3v) is 6.09. The van der Waals surface area contributed by atoms with Crippen LogP contribution in [-0.2, 0) is 6.54 Å². The number of thiazole rings is 1. The van der Waals surface area contributed by atoms with Crippen molar-refractivity contribution in [2.75, 3.05) is 12.4 Å². The van der Waals surface area contributed by atoms with Crippen molar-refractivity contribution in [3.8, 4) is 5.69 Å². The molecule has 0 spiro atoms. The summed E-state index contributed by atoms with van der Waals surface area (Å²) >= 11 is 1.50. The molecule has 146 valence electrons. The standard InChI is InChI=1S/C22H21N5OS/c1-26(16-8-9-16)14-15-7-10-18-20(13-15)29-22(24-18)25-21(28)19-11-12-23-27(19)17-5-3-2-4-6-17/h2-7,10-13,16H,8-9,14H2,1H3,(H,24,25,28). The van der Waals surface area contributed by atoms with Gasteiger partial charge in [-0.1, -0.05) is 35.6 Å². The number of rotatable bonds is 6. The maximum Gasteiger partial charge on any atom is 0.276 e. The van der Waals surface area contributed by atoms with Crippen LogP contribution in [-0.4, -0.2) is 38.7 Å². The summed E-state index contributed by atoms with van der Waals surface area (Å²) in [5.74, 6) is -0.223. The third-order valence-electron chi connectivity index (χ3n) is 5.15. The molecule has 0 atom stereocenters. The number of hydrogen-bond acceptors (Lipinski definition) is 5. The van der Waals surface area contributed by atoms with Crippen LogP contribution in [0.25, 0.3) is 15.9 Å². The second-order valence-corrected chi connectivity index (χ2v) is 8.42. The number of anilines is 1. The molecule has 0 unspecified atom stereocenters. The van der Waals surface area contributed by atoms with Gasteiger partial charge in [-0.15, -0.1) is 0 Å². The van der Waals surface area contributed by atoms with Crippen molar-refractivity contribution >= 4 is 32.6 Å². The molecule has 5 rings (SSSR count). The molecule has 0 radical (unpaired) electrons. The van der Waals surface area contributed by atoms with Gasteiger partial charge in [0.25, 0.3) is 5.91 Å². The molecule has 1 saturated carbocycles. The smallest absolute Gasteiger partial charge is 0.276 e. The fraction of sp³-hybridized carbons (Fsp3) is 0.227. The average molecular weight is 404 g/mol. The van der Waals surface area contributed by atoms with Gasteiger partial charge in [-0.3, -0.25) is 15.0 Å². The van der Waals surface area contributed by atoms with Gasteiger partial charge in [-0.05, 0) is 55.8 Å². The van der Waals surface area contributed by atoms with Crippen molar-refractivity contribution in [2.24, 2.45) is 0 Å². The van der Waals surface area contributed by atoms with Crippen molar-refractivity contribution in [2.45, 2.75) is 25.4 Å². The van der Waals surface area contributed by atoms with Crippen molar-refractivity contribution < 1.29 is 4.79 Å². The monoisotopic (exact) mass is 403 g/mol. The van der Waals surface area contributed by atoms with Gasteiger partial charge >= 0.3 is 0 Å². The number of nitrogens with one attached hydrogen (secondary N) is 1. The van der Waals surface area contributed by atoms with Gasteiger partial charge in [-0.25, -0.2) is 9.67 Å². The van der Waals surface area contributed by atoms with E-state index < -0.39 is 0 Å². The maximum absolute atomic E-state index is 12.8. The molecule has 1 fully saturated rings. The van der Waals surface area contributed by atoms with Gasteiger partial charge in [0.1, 0.15) is 5.69 Å². The van der Waals surface area contributed by atoms with Crippen molar-refractivity contribution in [3.63, 3.8) is 0 Å². The number of benzene rings is 2. The molecule has 2 aromatic heterocycles. The number of carbonyl (C=O) groups excluding carboxylic acids is 1. The topological polar surface area (TPSA) is 63.1 Å². The lowest BCUT2D eigenvalue weighted by atomic mass is 10.2. The first-order valence-corrected chi connectivity index (χ1v) is 10.5. The molecule has 0 saturated heterocycles. The van der Waals surface area contributed by atoms with Crippen LogP contribution in [0.15, 0.2) is 60.8 Å². The summed E-state index contributed by atoms with van der Waals surface area (Å²) in [6.07, 6.45) is 4.23. The van der Waals surface area contributed by atoms with Crippen LogP contribution in [0, 0.1) is 0 Å². The van der Waals surface area contributed by atoms with Gasteiger partial charge in [0, 0.05) is 12.6 Å². The Hall–Kier alpha value is -3.03. The van der Waals surface area contributed by atoms with Crippen LogP contribution in [0.5, 0.6) is 0 Å².